The van der Waals surface area contributed by atoms with E-state index in [2.05, 4.69) is 23.6 Å². The number of alkyl halides is 2. The Labute approximate surface area is 166 Å². The number of fused-ring (bicyclic) bond motifs is 2. The van der Waals surface area contributed by atoms with E-state index in [1.54, 1.807) is 16.9 Å². The van der Waals surface area contributed by atoms with Crippen LogP contribution in [0.1, 0.15) is 24.7 Å². The number of hydrogen-bond donors (Lipinski definition) is 1. The average Bonchev–Trinajstić information content (AvgIpc) is 3.18. The highest BCUT2D eigenvalue weighted by Gasteiger charge is 2.47. The molecular formula is C17H14F2IN7. The third kappa shape index (κ3) is 2.65. The summed E-state index contributed by atoms with van der Waals surface area (Å²) >= 11 is 1.98. The van der Waals surface area contributed by atoms with Crippen molar-refractivity contribution in [3.8, 4) is 11.1 Å². The molecule has 1 aliphatic rings. The molecule has 1 fully saturated rings. The van der Waals surface area contributed by atoms with E-state index >= 15 is 0 Å². The van der Waals surface area contributed by atoms with Crippen molar-refractivity contribution in [3.63, 3.8) is 0 Å². The second kappa shape index (κ2) is 5.81. The van der Waals surface area contributed by atoms with Gasteiger partial charge in [0.05, 0.1) is 40.1 Å². The first-order chi connectivity index (χ1) is 12.9. The minimum atomic E-state index is -2.58. The summed E-state index contributed by atoms with van der Waals surface area (Å²) in [5, 5.41) is 4.36. The fourth-order valence-corrected chi connectivity index (χ4v) is 3.95. The van der Waals surface area contributed by atoms with Gasteiger partial charge in [-0.1, -0.05) is 0 Å². The maximum atomic E-state index is 13.4. The Balaban J connectivity index is 1.63. The molecule has 4 aromatic heterocycles. The molecule has 0 spiro atoms. The lowest BCUT2D eigenvalue weighted by molar-refractivity contribution is -0.103. The van der Waals surface area contributed by atoms with Crippen LogP contribution in [0.4, 0.5) is 14.7 Å². The van der Waals surface area contributed by atoms with Crippen LogP contribution in [0, 0.1) is 6.92 Å². The molecule has 0 unspecified atom stereocenters. The standard InChI is InChI=1S/C17H14F2IN7/c1-9-23-15-13(27(9)11-5-17(18,19)6-11)4-10(7-21-15)12-2-3-26-14(12)8-22-16(24-20)25-26/h2-4,7-8,11H,5-6H2,1H3,(H,24,25). The van der Waals surface area contributed by atoms with Crippen LogP contribution < -0.4 is 3.53 Å². The molecule has 1 N–H and O–H groups in total. The number of pyridine rings is 1. The summed E-state index contributed by atoms with van der Waals surface area (Å²) in [6.45, 7) is 1.83. The van der Waals surface area contributed by atoms with E-state index in [0.717, 1.165) is 22.2 Å². The van der Waals surface area contributed by atoms with E-state index < -0.39 is 5.92 Å². The summed E-state index contributed by atoms with van der Waals surface area (Å²) in [7, 11) is 0. The zero-order valence-corrected chi connectivity index (χ0v) is 16.4. The smallest absolute Gasteiger partial charge is 0.252 e. The summed E-state index contributed by atoms with van der Waals surface area (Å²) in [6, 6.07) is 3.65. The number of rotatable bonds is 3. The van der Waals surface area contributed by atoms with Crippen molar-refractivity contribution in [2.24, 2.45) is 0 Å². The van der Waals surface area contributed by atoms with Crippen molar-refractivity contribution in [3.05, 3.63) is 36.5 Å². The lowest BCUT2D eigenvalue weighted by Gasteiger charge is -2.36. The number of aryl methyl sites for hydroxylation is 1. The third-order valence-corrected chi connectivity index (χ3v) is 5.45. The molecule has 0 radical (unpaired) electrons. The maximum absolute atomic E-state index is 13.4. The molecule has 0 amide bonds. The van der Waals surface area contributed by atoms with Crippen molar-refractivity contribution in [1.82, 2.24) is 29.1 Å². The van der Waals surface area contributed by atoms with Gasteiger partial charge in [-0.2, -0.15) is 0 Å². The maximum Gasteiger partial charge on any atom is 0.252 e. The van der Waals surface area contributed by atoms with Crippen LogP contribution >= 0.6 is 22.9 Å². The summed E-state index contributed by atoms with van der Waals surface area (Å²) in [4.78, 5) is 13.2. The number of nitrogens with zero attached hydrogens (tertiary/aromatic N) is 6. The minimum absolute atomic E-state index is 0.154. The highest BCUT2D eigenvalue weighted by molar-refractivity contribution is 14.1. The number of halogens is 3. The molecule has 1 saturated carbocycles. The molecule has 0 atom stereocenters. The monoisotopic (exact) mass is 481 g/mol. The number of imidazole rings is 1. The third-order valence-electron chi connectivity index (χ3n) is 4.97. The number of hydrogen-bond acceptors (Lipinski definition) is 5. The number of anilines is 1. The van der Waals surface area contributed by atoms with Gasteiger partial charge in [-0.3, -0.25) is 3.53 Å². The summed E-state index contributed by atoms with van der Waals surface area (Å²) in [5.74, 6) is -1.37. The molecular weight excluding hydrogens is 467 g/mol. The summed E-state index contributed by atoms with van der Waals surface area (Å²) in [6.07, 6.45) is 5.02. The molecule has 0 aromatic carbocycles. The average molecular weight is 481 g/mol. The molecule has 4 aromatic rings. The first kappa shape index (κ1) is 16.8. The van der Waals surface area contributed by atoms with Crippen LogP contribution in [0.15, 0.2) is 30.7 Å². The van der Waals surface area contributed by atoms with Crippen molar-refractivity contribution in [1.29, 1.82) is 0 Å². The lowest BCUT2D eigenvalue weighted by atomic mass is 9.87. The van der Waals surface area contributed by atoms with Crippen LogP contribution in [0.2, 0.25) is 0 Å². The zero-order valence-electron chi connectivity index (χ0n) is 14.2. The number of nitrogens with one attached hydrogen (secondary N) is 1. The van der Waals surface area contributed by atoms with Gasteiger partial charge in [0.2, 0.25) is 5.95 Å². The topological polar surface area (TPSA) is 72.9 Å². The quantitative estimate of drug-likeness (QED) is 0.351. The van der Waals surface area contributed by atoms with Crippen LogP contribution in [0.5, 0.6) is 0 Å². The van der Waals surface area contributed by atoms with Crippen molar-refractivity contribution in [2.75, 3.05) is 3.53 Å². The van der Waals surface area contributed by atoms with Crippen molar-refractivity contribution < 1.29 is 8.78 Å². The van der Waals surface area contributed by atoms with E-state index in [0.29, 0.717) is 17.4 Å². The van der Waals surface area contributed by atoms with Crippen molar-refractivity contribution in [2.45, 2.75) is 31.7 Å². The van der Waals surface area contributed by atoms with Crippen LogP contribution in [-0.4, -0.2) is 35.1 Å². The normalized spacial score (nSPS) is 16.7. The van der Waals surface area contributed by atoms with Gasteiger partial charge in [0.15, 0.2) is 5.65 Å². The summed E-state index contributed by atoms with van der Waals surface area (Å²) < 4.78 is 33.3. The zero-order chi connectivity index (χ0) is 18.8. The van der Waals surface area contributed by atoms with E-state index in [1.807, 2.05) is 52.7 Å². The Morgan fingerprint density at radius 2 is 2.04 bits per heavy atom. The van der Waals surface area contributed by atoms with Crippen molar-refractivity contribution >= 4 is 45.5 Å². The lowest BCUT2D eigenvalue weighted by Crippen LogP contribution is -2.37. The minimum Gasteiger partial charge on any atom is -0.323 e. The highest BCUT2D eigenvalue weighted by atomic mass is 127. The van der Waals surface area contributed by atoms with E-state index in [1.165, 1.54) is 0 Å². The SMILES string of the molecule is Cc1nc2ncc(-c3ccn4nc(NI)ncc34)cc2n1C1CC(F)(F)C1. The molecule has 27 heavy (non-hydrogen) atoms. The van der Waals surface area contributed by atoms with Gasteiger partial charge in [0, 0.05) is 42.4 Å². The van der Waals surface area contributed by atoms with Gasteiger partial charge >= 0.3 is 0 Å². The predicted octanol–water partition coefficient (Wildman–Crippen LogP) is 4.18. The van der Waals surface area contributed by atoms with Crippen LogP contribution in [0.3, 0.4) is 0 Å². The Morgan fingerprint density at radius 3 is 2.78 bits per heavy atom. The summed E-state index contributed by atoms with van der Waals surface area (Å²) in [5.41, 5.74) is 3.98. The van der Waals surface area contributed by atoms with Gasteiger partial charge in [0.1, 0.15) is 5.82 Å². The molecule has 0 aliphatic heterocycles. The first-order valence-corrected chi connectivity index (χ1v) is 9.47. The second-order valence-electron chi connectivity index (χ2n) is 6.75. The predicted molar refractivity (Wildman–Crippen MR) is 105 cm³/mol. The molecule has 138 valence electrons. The molecule has 0 bridgehead atoms. The fourth-order valence-electron chi connectivity index (χ4n) is 3.70. The van der Waals surface area contributed by atoms with Gasteiger partial charge in [0.25, 0.3) is 5.92 Å². The fraction of sp³-hybridized carbons (Fsp3) is 0.294. The first-order valence-electron chi connectivity index (χ1n) is 8.39. The Morgan fingerprint density at radius 1 is 1.22 bits per heavy atom. The van der Waals surface area contributed by atoms with Gasteiger partial charge in [-0.15, -0.1) is 5.10 Å². The van der Waals surface area contributed by atoms with Gasteiger partial charge in [-0.25, -0.2) is 28.2 Å². The van der Waals surface area contributed by atoms with Gasteiger partial charge in [-0.05, 0) is 19.1 Å². The highest BCUT2D eigenvalue weighted by Crippen LogP contribution is 2.47. The Hall–Kier alpha value is -2.37. The molecule has 10 heteroatoms. The Kier molecular flexibility index (Phi) is 3.61. The molecule has 0 saturated heterocycles. The van der Waals surface area contributed by atoms with Gasteiger partial charge < -0.3 is 4.57 Å². The molecule has 7 nitrogen and oxygen atoms in total. The van der Waals surface area contributed by atoms with E-state index in [4.69, 9.17) is 0 Å². The van der Waals surface area contributed by atoms with E-state index in [9.17, 15) is 8.78 Å². The van der Waals surface area contributed by atoms with Crippen LogP contribution in [0.25, 0.3) is 27.8 Å². The van der Waals surface area contributed by atoms with E-state index in [-0.39, 0.29) is 18.9 Å². The molecule has 1 aliphatic carbocycles. The number of aromatic nitrogens is 6. The molecule has 4 heterocycles. The molecule has 5 rings (SSSR count). The Bertz CT molecular complexity index is 1170. The van der Waals surface area contributed by atoms with Crippen LogP contribution in [-0.2, 0) is 0 Å². The largest absolute Gasteiger partial charge is 0.323 e. The second-order valence-corrected chi connectivity index (χ2v) is 7.29.